The van der Waals surface area contributed by atoms with Crippen molar-refractivity contribution in [1.29, 1.82) is 0 Å². The summed E-state index contributed by atoms with van der Waals surface area (Å²) in [7, 11) is -4.26. The number of benzene rings is 2. The summed E-state index contributed by atoms with van der Waals surface area (Å²) in [6.07, 6.45) is 0. The first-order chi connectivity index (χ1) is 12.8. The smallest absolute Gasteiger partial charge is 0.281 e. The van der Waals surface area contributed by atoms with Crippen molar-refractivity contribution in [3.8, 4) is 5.69 Å². The SMILES string of the molecule is Cc1ccc(-[n+]2[nH]oc(=O)c2S(=O)(=O)Nc2nc3cc(Cl)ccc3s2)cc1. The summed E-state index contributed by atoms with van der Waals surface area (Å²) in [5.74, 6) is 0. The third-order valence-electron chi connectivity index (χ3n) is 3.73. The Hall–Kier alpha value is -2.69. The fraction of sp³-hybridized carbons (Fsp3) is 0.0625. The number of thiazole rings is 1. The van der Waals surface area contributed by atoms with E-state index in [1.807, 2.05) is 6.92 Å². The molecule has 0 radical (unpaired) electrons. The molecule has 0 spiro atoms. The maximum absolute atomic E-state index is 12.8. The summed E-state index contributed by atoms with van der Waals surface area (Å²) in [6.45, 7) is 1.89. The van der Waals surface area contributed by atoms with Crippen LogP contribution in [-0.2, 0) is 10.0 Å². The van der Waals surface area contributed by atoms with Crippen molar-refractivity contribution in [1.82, 2.24) is 10.3 Å². The second-order valence-electron chi connectivity index (χ2n) is 5.69. The van der Waals surface area contributed by atoms with Crippen LogP contribution >= 0.6 is 22.9 Å². The molecule has 138 valence electrons. The second kappa shape index (κ2) is 6.48. The Morgan fingerprint density at radius 2 is 1.96 bits per heavy atom. The lowest BCUT2D eigenvalue weighted by Crippen LogP contribution is -2.42. The number of aromatic amines is 1. The molecule has 11 heteroatoms. The predicted octanol–water partition coefficient (Wildman–Crippen LogP) is 2.62. The monoisotopic (exact) mass is 423 g/mol. The molecule has 4 rings (SSSR count). The number of halogens is 1. The van der Waals surface area contributed by atoms with Crippen LogP contribution in [0.5, 0.6) is 0 Å². The Morgan fingerprint density at radius 3 is 2.70 bits per heavy atom. The van der Waals surface area contributed by atoms with Gasteiger partial charge in [0, 0.05) is 17.2 Å². The highest BCUT2D eigenvalue weighted by Gasteiger charge is 2.37. The van der Waals surface area contributed by atoms with Crippen molar-refractivity contribution in [2.45, 2.75) is 11.9 Å². The normalized spacial score (nSPS) is 11.8. The molecule has 2 aromatic carbocycles. The van der Waals surface area contributed by atoms with Crippen molar-refractivity contribution in [2.75, 3.05) is 4.72 Å². The summed E-state index contributed by atoms with van der Waals surface area (Å²) in [4.78, 5) is 16.3. The van der Waals surface area contributed by atoms with E-state index in [1.54, 1.807) is 42.5 Å². The van der Waals surface area contributed by atoms with Gasteiger partial charge in [0.2, 0.25) is 5.69 Å². The van der Waals surface area contributed by atoms with Crippen LogP contribution in [-0.4, -0.2) is 18.7 Å². The van der Waals surface area contributed by atoms with Crippen LogP contribution in [0.15, 0.2) is 56.8 Å². The maximum atomic E-state index is 12.8. The van der Waals surface area contributed by atoms with Crippen molar-refractivity contribution in [3.63, 3.8) is 0 Å². The standard InChI is InChI=1S/C16H11ClN4O4S2/c1-9-2-5-11(6-3-9)21-14(15(22)25-20-21)27(23,24)19-16-18-12-8-10(17)4-7-13(12)26-16/h2-8H,1H3,(H-,18,19,20,22)/p+1. The Bertz CT molecular complexity index is 1310. The van der Waals surface area contributed by atoms with E-state index < -0.39 is 20.7 Å². The lowest BCUT2D eigenvalue weighted by molar-refractivity contribution is -0.705. The first-order valence-electron chi connectivity index (χ1n) is 7.63. The molecule has 8 nitrogen and oxygen atoms in total. The van der Waals surface area contributed by atoms with Gasteiger partial charge in [-0.1, -0.05) is 40.6 Å². The van der Waals surface area contributed by atoms with Gasteiger partial charge in [0.05, 0.1) is 10.2 Å². The van der Waals surface area contributed by atoms with Gasteiger partial charge in [-0.25, -0.2) is 14.5 Å². The van der Waals surface area contributed by atoms with E-state index in [9.17, 15) is 13.2 Å². The molecule has 0 unspecified atom stereocenters. The highest BCUT2D eigenvalue weighted by atomic mass is 35.5. The molecular formula is C16H12ClN4O4S2+. The van der Waals surface area contributed by atoms with E-state index in [4.69, 9.17) is 16.1 Å². The van der Waals surface area contributed by atoms with E-state index in [2.05, 4.69) is 15.0 Å². The maximum Gasteiger partial charge on any atom is 0.449 e. The molecule has 2 aromatic heterocycles. The topological polar surface area (TPSA) is 109 Å². The molecule has 0 atom stereocenters. The minimum atomic E-state index is -4.26. The highest BCUT2D eigenvalue weighted by Crippen LogP contribution is 2.29. The zero-order chi connectivity index (χ0) is 19.2. The van der Waals surface area contributed by atoms with E-state index >= 15 is 0 Å². The van der Waals surface area contributed by atoms with Gasteiger partial charge in [-0.05, 0) is 35.1 Å². The summed E-state index contributed by atoms with van der Waals surface area (Å²) in [5, 5.41) is 2.34. The number of hydrogen-bond acceptors (Lipinski definition) is 6. The number of rotatable bonds is 4. The van der Waals surface area contributed by atoms with Gasteiger partial charge in [0.25, 0.3) is 0 Å². The quantitative estimate of drug-likeness (QED) is 0.490. The Morgan fingerprint density at radius 1 is 1.22 bits per heavy atom. The fourth-order valence-corrected chi connectivity index (χ4v) is 4.84. The molecule has 27 heavy (non-hydrogen) atoms. The number of anilines is 1. The predicted molar refractivity (Wildman–Crippen MR) is 101 cm³/mol. The van der Waals surface area contributed by atoms with Gasteiger partial charge in [-0.3, -0.25) is 4.52 Å². The summed E-state index contributed by atoms with van der Waals surface area (Å²) < 4.78 is 34.5. The third-order valence-corrected chi connectivity index (χ3v) is 6.36. The third kappa shape index (κ3) is 3.34. The number of hydrogen-bond donors (Lipinski definition) is 2. The van der Waals surface area contributed by atoms with Crippen molar-refractivity contribution >= 4 is 48.3 Å². The number of nitrogens with zero attached hydrogens (tertiary/aromatic N) is 2. The highest BCUT2D eigenvalue weighted by molar-refractivity contribution is 7.92. The van der Waals surface area contributed by atoms with Crippen molar-refractivity contribution < 1.29 is 17.6 Å². The Kier molecular flexibility index (Phi) is 4.25. The Labute approximate surface area is 162 Å². The molecule has 0 fully saturated rings. The number of sulfonamides is 1. The molecule has 0 aliphatic carbocycles. The van der Waals surface area contributed by atoms with E-state index in [-0.39, 0.29) is 5.13 Å². The number of aromatic nitrogens is 3. The summed E-state index contributed by atoms with van der Waals surface area (Å²) >= 11 is 7.05. The molecule has 2 heterocycles. The van der Waals surface area contributed by atoms with E-state index in [1.165, 1.54) is 0 Å². The average Bonchev–Trinajstić information content (AvgIpc) is 3.18. The number of aryl methyl sites for hydroxylation is 1. The van der Waals surface area contributed by atoms with Gasteiger partial charge in [-0.15, -0.1) is 0 Å². The number of fused-ring (bicyclic) bond motifs is 1. The molecule has 0 aliphatic rings. The first-order valence-corrected chi connectivity index (χ1v) is 10.3. The van der Waals surface area contributed by atoms with Gasteiger partial charge in [0.15, 0.2) is 5.13 Å². The summed E-state index contributed by atoms with van der Waals surface area (Å²) in [5.41, 5.74) is 0.953. The van der Waals surface area contributed by atoms with E-state index in [0.717, 1.165) is 26.3 Å². The molecule has 2 N–H and O–H groups in total. The number of H-pyrrole nitrogens is 1. The molecule has 0 amide bonds. The Balaban J connectivity index is 1.76. The molecule has 0 saturated heterocycles. The van der Waals surface area contributed by atoms with Crippen LogP contribution in [0.3, 0.4) is 0 Å². The molecular weight excluding hydrogens is 412 g/mol. The zero-order valence-corrected chi connectivity index (χ0v) is 16.2. The molecule has 0 saturated carbocycles. The van der Waals surface area contributed by atoms with Gasteiger partial charge in [-0.2, -0.15) is 8.42 Å². The van der Waals surface area contributed by atoms with Crippen LogP contribution in [0.2, 0.25) is 5.02 Å². The van der Waals surface area contributed by atoms with E-state index in [0.29, 0.717) is 16.2 Å². The lowest BCUT2D eigenvalue weighted by Gasteiger charge is -1.99. The minimum absolute atomic E-state index is 0.114. The average molecular weight is 424 g/mol. The van der Waals surface area contributed by atoms with Crippen molar-refractivity contribution in [3.05, 3.63) is 63.5 Å². The zero-order valence-electron chi connectivity index (χ0n) is 13.8. The molecule has 0 bridgehead atoms. The van der Waals surface area contributed by atoms with Crippen LogP contribution in [0.4, 0.5) is 5.13 Å². The lowest BCUT2D eigenvalue weighted by atomic mass is 10.2. The van der Waals surface area contributed by atoms with Crippen LogP contribution in [0.25, 0.3) is 15.9 Å². The fourth-order valence-electron chi connectivity index (χ4n) is 2.46. The molecule has 4 aromatic rings. The van der Waals surface area contributed by atoms with Crippen molar-refractivity contribution in [2.24, 2.45) is 0 Å². The van der Waals surface area contributed by atoms with Crippen LogP contribution in [0.1, 0.15) is 5.56 Å². The van der Waals surface area contributed by atoms with Gasteiger partial charge >= 0.3 is 20.7 Å². The minimum Gasteiger partial charge on any atom is -0.281 e. The van der Waals surface area contributed by atoms with Crippen LogP contribution < -0.4 is 15.0 Å². The first kappa shape index (κ1) is 17.7. The van der Waals surface area contributed by atoms with Crippen LogP contribution in [0, 0.1) is 6.92 Å². The largest absolute Gasteiger partial charge is 0.449 e. The van der Waals surface area contributed by atoms with Gasteiger partial charge < -0.3 is 0 Å². The summed E-state index contributed by atoms with van der Waals surface area (Å²) in [6, 6.07) is 12.0. The number of nitrogens with one attached hydrogen (secondary N) is 2. The second-order valence-corrected chi connectivity index (χ2v) is 8.76. The molecule has 0 aliphatic heterocycles. The van der Waals surface area contributed by atoms with Gasteiger partial charge in [0.1, 0.15) is 0 Å².